The predicted octanol–water partition coefficient (Wildman–Crippen LogP) is 3.38. The number of methoxy groups -OCH3 is 1. The molecule has 0 unspecified atom stereocenters. The summed E-state index contributed by atoms with van der Waals surface area (Å²) < 4.78 is 46.4. The van der Waals surface area contributed by atoms with Gasteiger partial charge in [0.25, 0.3) is 0 Å². The third-order valence-corrected chi connectivity index (χ3v) is 7.40. The Morgan fingerprint density at radius 2 is 1.82 bits per heavy atom. The van der Waals surface area contributed by atoms with Gasteiger partial charge in [-0.2, -0.15) is 0 Å². The molecule has 1 amide bonds. The topological polar surface area (TPSA) is 81.5 Å². The van der Waals surface area contributed by atoms with E-state index in [-0.39, 0.29) is 35.9 Å². The summed E-state index contributed by atoms with van der Waals surface area (Å²) in [7, 11) is -2.26. The Balaban J connectivity index is 1.58. The van der Waals surface area contributed by atoms with Crippen LogP contribution in [0.3, 0.4) is 0 Å². The summed E-state index contributed by atoms with van der Waals surface area (Å²) >= 11 is 0. The van der Waals surface area contributed by atoms with Gasteiger partial charge in [-0.15, -0.1) is 0 Å². The number of ether oxygens (including phenoxy) is 1. The van der Waals surface area contributed by atoms with E-state index in [9.17, 15) is 17.6 Å². The Hall–Kier alpha value is -3.04. The highest BCUT2D eigenvalue weighted by Crippen LogP contribution is 2.30. The summed E-state index contributed by atoms with van der Waals surface area (Å²) in [6, 6.07) is 15.1. The van der Waals surface area contributed by atoms with Gasteiger partial charge in [-0.3, -0.25) is 4.79 Å². The molecule has 9 heteroatoms. The summed E-state index contributed by atoms with van der Waals surface area (Å²) in [5, 5.41) is -0.0740. The van der Waals surface area contributed by atoms with Crippen LogP contribution in [0.15, 0.2) is 66.0 Å². The van der Waals surface area contributed by atoms with Crippen LogP contribution in [0.2, 0.25) is 0 Å². The molecule has 1 saturated carbocycles. The smallest absolute Gasteiger partial charge is 0.228 e. The van der Waals surface area contributed by atoms with Crippen molar-refractivity contribution in [1.29, 1.82) is 0 Å². The molecule has 180 valence electrons. The first-order chi connectivity index (χ1) is 16.4. The van der Waals surface area contributed by atoms with Crippen molar-refractivity contribution < 1.29 is 22.3 Å². The lowest BCUT2D eigenvalue weighted by Crippen LogP contribution is -2.34. The van der Waals surface area contributed by atoms with Crippen LogP contribution < -0.4 is 0 Å². The standard InChI is InChI=1S/C25H28FN3O4S/c1-33-14-13-28-23(16-27-25(28)34(31,32)18-20-7-9-21(26)10-8-20)17-29(22-11-12-22)24(30)15-19-5-3-2-4-6-19/h2-10,16,22H,11-15,17-18H2,1H3. The fourth-order valence-corrected chi connectivity index (χ4v) is 5.42. The maximum atomic E-state index is 13.2. The van der Waals surface area contributed by atoms with Crippen LogP contribution in [0.25, 0.3) is 0 Å². The highest BCUT2D eigenvalue weighted by Gasteiger charge is 2.34. The Morgan fingerprint density at radius 3 is 2.47 bits per heavy atom. The molecule has 1 aliphatic carbocycles. The maximum absolute atomic E-state index is 13.2. The molecule has 0 radical (unpaired) electrons. The molecular formula is C25H28FN3O4S. The summed E-state index contributed by atoms with van der Waals surface area (Å²) in [4.78, 5) is 19.2. The first-order valence-electron chi connectivity index (χ1n) is 11.2. The van der Waals surface area contributed by atoms with Crippen molar-refractivity contribution in [2.45, 2.75) is 49.3 Å². The predicted molar refractivity (Wildman–Crippen MR) is 125 cm³/mol. The van der Waals surface area contributed by atoms with E-state index < -0.39 is 15.7 Å². The first kappa shape index (κ1) is 24.1. The number of nitrogens with zero attached hydrogens (tertiary/aromatic N) is 3. The van der Waals surface area contributed by atoms with E-state index in [0.29, 0.717) is 24.3 Å². The van der Waals surface area contributed by atoms with Crippen LogP contribution in [-0.2, 0) is 44.6 Å². The molecular weight excluding hydrogens is 457 g/mol. The average molecular weight is 486 g/mol. The summed E-state index contributed by atoms with van der Waals surface area (Å²) in [5.41, 5.74) is 2.05. The number of hydrogen-bond acceptors (Lipinski definition) is 5. The number of hydrogen-bond donors (Lipinski definition) is 0. The Labute approximate surface area is 199 Å². The molecule has 0 atom stereocenters. The van der Waals surface area contributed by atoms with Crippen molar-refractivity contribution in [3.8, 4) is 0 Å². The number of carbonyl (C=O) groups excluding carboxylic acids is 1. The van der Waals surface area contributed by atoms with Crippen LogP contribution >= 0.6 is 0 Å². The Morgan fingerprint density at radius 1 is 1.12 bits per heavy atom. The second-order valence-electron chi connectivity index (χ2n) is 8.48. The highest BCUT2D eigenvalue weighted by atomic mass is 32.2. The van der Waals surface area contributed by atoms with Crippen LogP contribution in [0.5, 0.6) is 0 Å². The lowest BCUT2D eigenvalue weighted by atomic mass is 10.1. The molecule has 0 saturated heterocycles. The number of sulfone groups is 1. The Bertz CT molecular complexity index is 1220. The van der Waals surface area contributed by atoms with Crippen LogP contribution in [-0.4, -0.2) is 48.5 Å². The normalized spacial score (nSPS) is 13.7. The largest absolute Gasteiger partial charge is 0.383 e. The van der Waals surface area contributed by atoms with Crippen molar-refractivity contribution in [3.63, 3.8) is 0 Å². The summed E-state index contributed by atoms with van der Waals surface area (Å²) in [6.45, 7) is 0.859. The quantitative estimate of drug-likeness (QED) is 0.416. The van der Waals surface area contributed by atoms with E-state index in [1.54, 1.807) is 11.7 Å². The molecule has 1 aliphatic rings. The SMILES string of the molecule is COCCn1c(CN(C(=O)Cc2ccccc2)C2CC2)cnc1S(=O)(=O)Cc1ccc(F)cc1. The fourth-order valence-electron chi connectivity index (χ4n) is 3.91. The zero-order chi connectivity index (χ0) is 24.1. The van der Waals surface area contributed by atoms with Crippen molar-refractivity contribution in [2.24, 2.45) is 0 Å². The monoisotopic (exact) mass is 485 g/mol. The first-order valence-corrected chi connectivity index (χ1v) is 12.9. The van der Waals surface area contributed by atoms with Gasteiger partial charge in [-0.25, -0.2) is 17.8 Å². The van der Waals surface area contributed by atoms with Gasteiger partial charge >= 0.3 is 0 Å². The molecule has 1 aromatic heterocycles. The van der Waals surface area contributed by atoms with E-state index in [1.807, 2.05) is 35.2 Å². The minimum Gasteiger partial charge on any atom is -0.383 e. The zero-order valence-corrected chi connectivity index (χ0v) is 19.9. The van der Waals surface area contributed by atoms with Gasteiger partial charge < -0.3 is 14.2 Å². The van der Waals surface area contributed by atoms with Gasteiger partial charge in [-0.1, -0.05) is 42.5 Å². The van der Waals surface area contributed by atoms with E-state index in [2.05, 4.69) is 4.98 Å². The number of imidazole rings is 1. The van der Waals surface area contributed by atoms with Gasteiger partial charge in [0, 0.05) is 19.7 Å². The number of amides is 1. The number of rotatable bonds is 11. The summed E-state index contributed by atoms with van der Waals surface area (Å²) in [6.07, 6.45) is 3.68. The number of halogens is 1. The number of carbonyl (C=O) groups is 1. The second-order valence-corrected chi connectivity index (χ2v) is 10.4. The van der Waals surface area contributed by atoms with Gasteiger partial charge in [0.1, 0.15) is 5.82 Å². The van der Waals surface area contributed by atoms with Crippen molar-refractivity contribution in [2.75, 3.05) is 13.7 Å². The zero-order valence-electron chi connectivity index (χ0n) is 19.1. The third-order valence-electron chi connectivity index (χ3n) is 5.81. The van der Waals surface area contributed by atoms with Crippen molar-refractivity contribution in [1.82, 2.24) is 14.5 Å². The van der Waals surface area contributed by atoms with Crippen LogP contribution in [0.4, 0.5) is 4.39 Å². The molecule has 1 heterocycles. The van der Waals surface area contributed by atoms with Gasteiger partial charge in [0.05, 0.1) is 37.2 Å². The fraction of sp³-hybridized carbons (Fsp3) is 0.360. The molecule has 0 bridgehead atoms. The minimum atomic E-state index is -3.81. The van der Waals surface area contributed by atoms with Crippen LogP contribution in [0.1, 0.15) is 29.7 Å². The number of benzene rings is 2. The molecule has 34 heavy (non-hydrogen) atoms. The second kappa shape index (κ2) is 10.5. The average Bonchev–Trinajstić information content (AvgIpc) is 3.57. The summed E-state index contributed by atoms with van der Waals surface area (Å²) in [5.74, 6) is -0.718. The van der Waals surface area contributed by atoms with Crippen molar-refractivity contribution in [3.05, 3.63) is 83.4 Å². The maximum Gasteiger partial charge on any atom is 0.228 e. The van der Waals surface area contributed by atoms with Gasteiger partial charge in [0.15, 0.2) is 0 Å². The molecule has 3 aromatic rings. The van der Waals surface area contributed by atoms with E-state index >= 15 is 0 Å². The molecule has 7 nitrogen and oxygen atoms in total. The van der Waals surface area contributed by atoms with Gasteiger partial charge in [-0.05, 0) is 36.1 Å². The third kappa shape index (κ3) is 5.90. The van der Waals surface area contributed by atoms with E-state index in [4.69, 9.17) is 4.74 Å². The van der Waals surface area contributed by atoms with Crippen LogP contribution in [0, 0.1) is 5.82 Å². The Kier molecular flexibility index (Phi) is 7.43. The van der Waals surface area contributed by atoms with E-state index in [0.717, 1.165) is 18.4 Å². The molecule has 2 aromatic carbocycles. The molecule has 1 fully saturated rings. The highest BCUT2D eigenvalue weighted by molar-refractivity contribution is 7.90. The molecule has 4 rings (SSSR count). The minimum absolute atomic E-state index is 0.00362. The lowest BCUT2D eigenvalue weighted by Gasteiger charge is -2.23. The molecule has 0 N–H and O–H groups in total. The molecule has 0 spiro atoms. The molecule has 0 aliphatic heterocycles. The van der Waals surface area contributed by atoms with E-state index in [1.165, 1.54) is 30.5 Å². The number of aromatic nitrogens is 2. The van der Waals surface area contributed by atoms with Crippen molar-refractivity contribution >= 4 is 15.7 Å². The van der Waals surface area contributed by atoms with Gasteiger partial charge in [0.2, 0.25) is 20.9 Å². The lowest BCUT2D eigenvalue weighted by molar-refractivity contribution is -0.131.